The van der Waals surface area contributed by atoms with Crippen LogP contribution in [0.5, 0.6) is 0 Å². The van der Waals surface area contributed by atoms with E-state index in [-0.39, 0.29) is 6.42 Å². The number of allylic oxidation sites excluding steroid dienone is 8. The molecule has 2 nitrogen and oxygen atoms in total. The average Bonchev–Trinajstić information content (AvgIpc) is 2.57. The second-order valence-electron chi connectivity index (χ2n) is 6.12. The molecule has 0 aliphatic carbocycles. The minimum absolute atomic E-state index is 0.260. The highest BCUT2D eigenvalue weighted by Crippen LogP contribution is 2.09. The summed E-state index contributed by atoms with van der Waals surface area (Å²) in [5.74, 6) is -0.199. The molecule has 0 saturated carbocycles. The van der Waals surface area contributed by atoms with Crippen LogP contribution in [0.3, 0.4) is 0 Å². The maximum atomic E-state index is 10.4. The molecule has 0 radical (unpaired) electrons. The highest BCUT2D eigenvalue weighted by Gasteiger charge is 1.94. The van der Waals surface area contributed by atoms with E-state index < -0.39 is 5.97 Å². The van der Waals surface area contributed by atoms with Gasteiger partial charge in [0.05, 0.1) is 0 Å². The molecule has 24 heavy (non-hydrogen) atoms. The lowest BCUT2D eigenvalue weighted by Crippen LogP contribution is -1.92. The van der Waals surface area contributed by atoms with E-state index in [2.05, 4.69) is 62.5 Å². The van der Waals surface area contributed by atoms with Crippen molar-refractivity contribution < 1.29 is 9.90 Å². The number of carboxylic acids is 1. The second kappa shape index (κ2) is 17.8. The minimum Gasteiger partial charge on any atom is -0.481 e. The molecule has 0 spiro atoms. The molecule has 2 heteroatoms. The summed E-state index contributed by atoms with van der Waals surface area (Å²) in [4.78, 5) is 10.4. The van der Waals surface area contributed by atoms with Gasteiger partial charge in [-0.3, -0.25) is 4.79 Å². The van der Waals surface area contributed by atoms with E-state index in [1.165, 1.54) is 25.7 Å². The Bertz CT molecular complexity index is 402. The molecular weight excluding hydrogens is 296 g/mol. The number of unbranched alkanes of at least 4 members (excludes halogenated alkanes) is 4. The van der Waals surface area contributed by atoms with Crippen LogP contribution < -0.4 is 0 Å². The van der Waals surface area contributed by atoms with Gasteiger partial charge in [0.2, 0.25) is 0 Å². The maximum Gasteiger partial charge on any atom is 0.303 e. The average molecular weight is 333 g/mol. The first-order valence-electron chi connectivity index (χ1n) is 9.55. The third-order valence-corrected chi connectivity index (χ3v) is 3.85. The van der Waals surface area contributed by atoms with Crippen LogP contribution in [-0.4, -0.2) is 11.1 Å². The fourth-order valence-corrected chi connectivity index (χ4v) is 2.31. The predicted molar refractivity (Wildman–Crippen MR) is 105 cm³/mol. The third kappa shape index (κ3) is 16.8. The van der Waals surface area contributed by atoms with E-state index in [4.69, 9.17) is 5.11 Å². The van der Waals surface area contributed by atoms with Crippen LogP contribution in [0.4, 0.5) is 0 Å². The number of hydrogen-bond acceptors (Lipinski definition) is 1. The standard InChI is InChI=1S/C22H36O2/c1-3-5-6-7-8-9-12-15-18-21(4-2)19-16-13-10-11-14-17-20-22(23)24/h8-11,15-16,18-19,21H,3-7,12-14,17,20H2,1-2H3,(H,23,24). The van der Waals surface area contributed by atoms with E-state index in [0.717, 1.165) is 32.1 Å². The molecule has 0 heterocycles. The molecule has 0 aromatic rings. The molecular formula is C22H36O2. The molecule has 0 fully saturated rings. The molecule has 0 aliphatic rings. The van der Waals surface area contributed by atoms with Crippen LogP contribution in [-0.2, 0) is 4.79 Å². The fraction of sp³-hybridized carbons (Fsp3) is 0.591. The van der Waals surface area contributed by atoms with Crippen molar-refractivity contribution in [3.05, 3.63) is 48.6 Å². The Labute approximate surface area is 149 Å². The first-order valence-corrected chi connectivity index (χ1v) is 9.55. The molecule has 0 amide bonds. The molecule has 136 valence electrons. The van der Waals surface area contributed by atoms with E-state index in [0.29, 0.717) is 5.92 Å². The topological polar surface area (TPSA) is 37.3 Å². The molecule has 0 aromatic heterocycles. The van der Waals surface area contributed by atoms with Crippen LogP contribution in [0.1, 0.15) is 78.1 Å². The van der Waals surface area contributed by atoms with Crippen LogP contribution >= 0.6 is 0 Å². The van der Waals surface area contributed by atoms with E-state index >= 15 is 0 Å². The second-order valence-corrected chi connectivity index (χ2v) is 6.12. The SMILES string of the molecule is CCCCCC=CCC=CC(C=CCC=CCCCC(=O)O)CC. The zero-order chi connectivity index (χ0) is 17.9. The summed E-state index contributed by atoms with van der Waals surface area (Å²) in [7, 11) is 0. The molecule has 1 atom stereocenters. The van der Waals surface area contributed by atoms with Crippen molar-refractivity contribution in [1.82, 2.24) is 0 Å². The van der Waals surface area contributed by atoms with E-state index in [1.54, 1.807) is 0 Å². The number of rotatable bonds is 15. The molecule has 1 N–H and O–H groups in total. The Kier molecular flexibility index (Phi) is 16.6. The van der Waals surface area contributed by atoms with Crippen molar-refractivity contribution in [3.8, 4) is 0 Å². The van der Waals surface area contributed by atoms with E-state index in [9.17, 15) is 4.79 Å². The lowest BCUT2D eigenvalue weighted by atomic mass is 10.0. The zero-order valence-electron chi connectivity index (χ0n) is 15.6. The van der Waals surface area contributed by atoms with Gasteiger partial charge in [0, 0.05) is 6.42 Å². The lowest BCUT2D eigenvalue weighted by molar-refractivity contribution is -0.137. The van der Waals surface area contributed by atoms with Gasteiger partial charge in [-0.2, -0.15) is 0 Å². The zero-order valence-corrected chi connectivity index (χ0v) is 15.6. The number of hydrogen-bond donors (Lipinski definition) is 1. The highest BCUT2D eigenvalue weighted by molar-refractivity contribution is 5.66. The first kappa shape index (κ1) is 22.4. The smallest absolute Gasteiger partial charge is 0.303 e. The number of carboxylic acid groups (broad SMARTS) is 1. The minimum atomic E-state index is -0.711. The monoisotopic (exact) mass is 332 g/mol. The van der Waals surface area contributed by atoms with Crippen LogP contribution in [0.25, 0.3) is 0 Å². The first-order chi connectivity index (χ1) is 11.7. The van der Waals surface area contributed by atoms with Gasteiger partial charge < -0.3 is 5.11 Å². The third-order valence-electron chi connectivity index (χ3n) is 3.85. The molecule has 0 aromatic carbocycles. The molecule has 0 aliphatic heterocycles. The Morgan fingerprint density at radius 2 is 1.42 bits per heavy atom. The van der Waals surface area contributed by atoms with Gasteiger partial charge in [-0.25, -0.2) is 0 Å². The van der Waals surface area contributed by atoms with Crippen molar-refractivity contribution >= 4 is 5.97 Å². The van der Waals surface area contributed by atoms with Crippen molar-refractivity contribution in [1.29, 1.82) is 0 Å². The summed E-state index contributed by atoms with van der Waals surface area (Å²) < 4.78 is 0. The molecule has 0 bridgehead atoms. The predicted octanol–water partition coefficient (Wildman–Crippen LogP) is 6.85. The Morgan fingerprint density at radius 3 is 1.92 bits per heavy atom. The summed E-state index contributed by atoms with van der Waals surface area (Å²) in [6, 6.07) is 0. The van der Waals surface area contributed by atoms with Gasteiger partial charge in [0.1, 0.15) is 0 Å². The molecule has 0 saturated heterocycles. The summed E-state index contributed by atoms with van der Waals surface area (Å²) in [6.45, 7) is 4.45. The highest BCUT2D eigenvalue weighted by atomic mass is 16.4. The Hall–Kier alpha value is -1.57. The van der Waals surface area contributed by atoms with Crippen molar-refractivity contribution in [3.63, 3.8) is 0 Å². The fourth-order valence-electron chi connectivity index (χ4n) is 2.31. The van der Waals surface area contributed by atoms with Crippen molar-refractivity contribution in [2.24, 2.45) is 5.92 Å². The largest absolute Gasteiger partial charge is 0.481 e. The van der Waals surface area contributed by atoms with Gasteiger partial charge >= 0.3 is 5.97 Å². The van der Waals surface area contributed by atoms with Crippen LogP contribution in [0.15, 0.2) is 48.6 Å². The van der Waals surface area contributed by atoms with Crippen molar-refractivity contribution in [2.45, 2.75) is 78.1 Å². The summed E-state index contributed by atoms with van der Waals surface area (Å²) >= 11 is 0. The lowest BCUT2D eigenvalue weighted by Gasteiger charge is -2.02. The molecule has 1 unspecified atom stereocenters. The van der Waals surface area contributed by atoms with Gasteiger partial charge in [-0.05, 0) is 50.9 Å². The molecule has 0 rings (SSSR count). The van der Waals surface area contributed by atoms with E-state index in [1.807, 2.05) is 0 Å². The maximum absolute atomic E-state index is 10.4. The number of carbonyl (C=O) groups is 1. The van der Waals surface area contributed by atoms with Gasteiger partial charge in [-0.15, -0.1) is 0 Å². The summed E-state index contributed by atoms with van der Waals surface area (Å²) in [5.41, 5.74) is 0. The number of aliphatic carboxylic acids is 1. The van der Waals surface area contributed by atoms with Crippen molar-refractivity contribution in [2.75, 3.05) is 0 Å². The van der Waals surface area contributed by atoms with Gasteiger partial charge in [0.15, 0.2) is 0 Å². The summed E-state index contributed by atoms with van der Waals surface area (Å²) in [5, 5.41) is 8.55. The Morgan fingerprint density at radius 1 is 0.833 bits per heavy atom. The van der Waals surface area contributed by atoms with Gasteiger partial charge in [0.25, 0.3) is 0 Å². The normalized spacial score (nSPS) is 13.8. The Balaban J connectivity index is 3.82. The van der Waals surface area contributed by atoms with Crippen LogP contribution in [0, 0.1) is 5.92 Å². The van der Waals surface area contributed by atoms with Gasteiger partial charge in [-0.1, -0.05) is 75.3 Å². The van der Waals surface area contributed by atoms with Crippen LogP contribution in [0.2, 0.25) is 0 Å². The summed E-state index contributed by atoms with van der Waals surface area (Å²) in [6.07, 6.45) is 27.8. The quantitative estimate of drug-likeness (QED) is 0.263.